The summed E-state index contributed by atoms with van der Waals surface area (Å²) in [6, 6.07) is 0. The number of aryl methyl sites for hydroxylation is 1. The molecule has 0 N–H and O–H groups in total. The van der Waals surface area contributed by atoms with Crippen molar-refractivity contribution in [2.45, 2.75) is 52.0 Å². The molecule has 0 bridgehead atoms. The smallest absolute Gasteiger partial charge is 0.271 e. The van der Waals surface area contributed by atoms with E-state index in [-0.39, 0.29) is 5.91 Å². The molecule has 3 rings (SSSR count). The van der Waals surface area contributed by atoms with Crippen LogP contribution in [-0.2, 0) is 13.0 Å². The molecule has 1 saturated carbocycles. The first-order chi connectivity index (χ1) is 9.65. The molecular formula is C16H25N3O. The van der Waals surface area contributed by atoms with E-state index in [4.69, 9.17) is 0 Å². The zero-order chi connectivity index (χ0) is 14.1. The topological polar surface area (TPSA) is 38.1 Å². The van der Waals surface area contributed by atoms with Crippen molar-refractivity contribution in [1.29, 1.82) is 0 Å². The summed E-state index contributed by atoms with van der Waals surface area (Å²) in [6.45, 7) is 4.09. The van der Waals surface area contributed by atoms with Crippen LogP contribution in [0.5, 0.6) is 0 Å². The second-order valence-electron chi connectivity index (χ2n) is 6.65. The summed E-state index contributed by atoms with van der Waals surface area (Å²) in [6.07, 6.45) is 9.17. The van der Waals surface area contributed by atoms with Crippen molar-refractivity contribution in [3.05, 3.63) is 17.7 Å². The summed E-state index contributed by atoms with van der Waals surface area (Å²) in [5.41, 5.74) is 0.784. The molecular weight excluding hydrogens is 250 g/mol. The summed E-state index contributed by atoms with van der Waals surface area (Å²) in [5, 5.41) is 0. The van der Waals surface area contributed by atoms with Crippen LogP contribution in [0.3, 0.4) is 0 Å². The van der Waals surface area contributed by atoms with E-state index >= 15 is 0 Å². The average Bonchev–Trinajstić information content (AvgIpc) is 3.06. The Kier molecular flexibility index (Phi) is 3.81. The van der Waals surface area contributed by atoms with Gasteiger partial charge in [-0.05, 0) is 31.1 Å². The van der Waals surface area contributed by atoms with E-state index in [1.807, 2.05) is 11.9 Å². The standard InChI is InChI=1S/C16H25N3O/c1-12-7-8-15-17-9-14(19(15)10-12)16(20)18(2)11-13-5-3-4-6-13/h9,12-13H,3-8,10-11H2,1-2H3. The molecule has 1 aromatic heterocycles. The van der Waals surface area contributed by atoms with E-state index in [0.717, 1.165) is 31.0 Å². The number of carbonyl (C=O) groups excluding carboxylic acids is 1. The maximum absolute atomic E-state index is 12.6. The Labute approximate surface area is 121 Å². The summed E-state index contributed by atoms with van der Waals surface area (Å²) in [7, 11) is 1.94. The summed E-state index contributed by atoms with van der Waals surface area (Å²) in [4.78, 5) is 19.0. The highest BCUT2D eigenvalue weighted by Gasteiger charge is 2.26. The van der Waals surface area contributed by atoms with Crippen LogP contribution < -0.4 is 0 Å². The molecule has 1 unspecified atom stereocenters. The van der Waals surface area contributed by atoms with Crippen molar-refractivity contribution in [3.8, 4) is 0 Å². The van der Waals surface area contributed by atoms with Crippen molar-refractivity contribution in [1.82, 2.24) is 14.5 Å². The van der Waals surface area contributed by atoms with Gasteiger partial charge in [0, 0.05) is 26.6 Å². The van der Waals surface area contributed by atoms with Gasteiger partial charge < -0.3 is 9.47 Å². The number of fused-ring (bicyclic) bond motifs is 1. The van der Waals surface area contributed by atoms with Gasteiger partial charge in [-0.1, -0.05) is 19.8 Å². The fourth-order valence-corrected chi connectivity index (χ4v) is 3.63. The van der Waals surface area contributed by atoms with Gasteiger partial charge in [0.05, 0.1) is 6.20 Å². The molecule has 0 spiro atoms. The lowest BCUT2D eigenvalue weighted by Crippen LogP contribution is -2.33. The van der Waals surface area contributed by atoms with Gasteiger partial charge in [-0.2, -0.15) is 0 Å². The highest BCUT2D eigenvalue weighted by molar-refractivity contribution is 5.92. The van der Waals surface area contributed by atoms with E-state index in [1.165, 1.54) is 32.1 Å². The van der Waals surface area contributed by atoms with Gasteiger partial charge in [0.2, 0.25) is 0 Å². The predicted molar refractivity (Wildman–Crippen MR) is 78.6 cm³/mol. The van der Waals surface area contributed by atoms with Gasteiger partial charge in [-0.15, -0.1) is 0 Å². The Morgan fingerprint density at radius 2 is 2.15 bits per heavy atom. The minimum absolute atomic E-state index is 0.143. The molecule has 2 aliphatic rings. The number of hydrogen-bond acceptors (Lipinski definition) is 2. The monoisotopic (exact) mass is 275 g/mol. The highest BCUT2D eigenvalue weighted by atomic mass is 16.2. The molecule has 1 amide bonds. The Morgan fingerprint density at radius 1 is 1.40 bits per heavy atom. The summed E-state index contributed by atoms with van der Waals surface area (Å²) in [5.74, 6) is 2.57. The second kappa shape index (κ2) is 5.58. The minimum Gasteiger partial charge on any atom is -0.340 e. The van der Waals surface area contributed by atoms with Gasteiger partial charge >= 0.3 is 0 Å². The average molecular weight is 275 g/mol. The minimum atomic E-state index is 0.143. The first-order valence-electron chi connectivity index (χ1n) is 7.95. The first-order valence-corrected chi connectivity index (χ1v) is 7.95. The zero-order valence-electron chi connectivity index (χ0n) is 12.6. The quantitative estimate of drug-likeness (QED) is 0.850. The number of imidazole rings is 1. The van der Waals surface area contributed by atoms with Gasteiger partial charge in [-0.25, -0.2) is 4.98 Å². The van der Waals surface area contributed by atoms with Crippen molar-refractivity contribution in [2.75, 3.05) is 13.6 Å². The lowest BCUT2D eigenvalue weighted by Gasteiger charge is -2.25. The molecule has 4 heteroatoms. The van der Waals surface area contributed by atoms with E-state index in [9.17, 15) is 4.79 Å². The van der Waals surface area contributed by atoms with Gasteiger partial charge in [0.15, 0.2) is 0 Å². The van der Waals surface area contributed by atoms with Crippen LogP contribution in [-0.4, -0.2) is 34.0 Å². The van der Waals surface area contributed by atoms with Crippen LogP contribution in [0.25, 0.3) is 0 Å². The first kappa shape index (κ1) is 13.7. The molecule has 110 valence electrons. The van der Waals surface area contributed by atoms with Crippen molar-refractivity contribution < 1.29 is 4.79 Å². The Hall–Kier alpha value is -1.32. The van der Waals surface area contributed by atoms with Gasteiger partial charge in [-0.3, -0.25) is 4.79 Å². The van der Waals surface area contributed by atoms with Crippen molar-refractivity contribution in [2.24, 2.45) is 11.8 Å². The van der Waals surface area contributed by atoms with E-state index in [1.54, 1.807) is 6.20 Å². The molecule has 20 heavy (non-hydrogen) atoms. The van der Waals surface area contributed by atoms with E-state index in [2.05, 4.69) is 16.5 Å². The van der Waals surface area contributed by atoms with Crippen LogP contribution >= 0.6 is 0 Å². The zero-order valence-corrected chi connectivity index (χ0v) is 12.6. The molecule has 1 aromatic rings. The molecule has 0 radical (unpaired) electrons. The molecule has 4 nitrogen and oxygen atoms in total. The van der Waals surface area contributed by atoms with Gasteiger partial charge in [0.25, 0.3) is 5.91 Å². The van der Waals surface area contributed by atoms with Gasteiger partial charge in [0.1, 0.15) is 11.5 Å². The SMILES string of the molecule is CC1CCc2ncc(C(=O)N(C)CC3CCCC3)n2C1. The number of hydrogen-bond donors (Lipinski definition) is 0. The highest BCUT2D eigenvalue weighted by Crippen LogP contribution is 2.26. The third kappa shape index (κ3) is 2.60. The van der Waals surface area contributed by atoms with Crippen molar-refractivity contribution in [3.63, 3.8) is 0 Å². The molecule has 1 fully saturated rings. The lowest BCUT2D eigenvalue weighted by atomic mass is 10.0. The largest absolute Gasteiger partial charge is 0.340 e. The van der Waals surface area contributed by atoms with Crippen LogP contribution in [0, 0.1) is 11.8 Å². The molecule has 0 aromatic carbocycles. The second-order valence-corrected chi connectivity index (χ2v) is 6.65. The van der Waals surface area contributed by atoms with Crippen molar-refractivity contribution >= 4 is 5.91 Å². The predicted octanol–water partition coefficient (Wildman–Crippen LogP) is 2.73. The number of amides is 1. The molecule has 1 aliphatic heterocycles. The third-order valence-corrected chi connectivity index (χ3v) is 4.87. The molecule has 1 atom stereocenters. The maximum Gasteiger partial charge on any atom is 0.271 e. The Morgan fingerprint density at radius 3 is 2.90 bits per heavy atom. The number of nitrogens with zero attached hydrogens (tertiary/aromatic N) is 3. The normalized spacial score (nSPS) is 22.8. The van der Waals surface area contributed by atoms with Crippen LogP contribution in [0.1, 0.15) is 55.3 Å². The molecule has 2 heterocycles. The van der Waals surface area contributed by atoms with E-state index in [0.29, 0.717) is 11.8 Å². The Balaban J connectivity index is 1.72. The number of rotatable bonds is 3. The van der Waals surface area contributed by atoms with Crippen LogP contribution in [0.15, 0.2) is 6.20 Å². The summed E-state index contributed by atoms with van der Waals surface area (Å²) >= 11 is 0. The maximum atomic E-state index is 12.6. The number of aromatic nitrogens is 2. The molecule has 1 aliphatic carbocycles. The summed E-state index contributed by atoms with van der Waals surface area (Å²) < 4.78 is 2.14. The van der Waals surface area contributed by atoms with Crippen LogP contribution in [0.2, 0.25) is 0 Å². The lowest BCUT2D eigenvalue weighted by molar-refractivity contribution is 0.0760. The fraction of sp³-hybridized carbons (Fsp3) is 0.750. The third-order valence-electron chi connectivity index (χ3n) is 4.87. The van der Waals surface area contributed by atoms with E-state index < -0.39 is 0 Å². The molecule has 0 saturated heterocycles. The number of carbonyl (C=O) groups is 1. The Bertz CT molecular complexity index is 488. The van der Waals surface area contributed by atoms with Crippen LogP contribution in [0.4, 0.5) is 0 Å². The fourth-order valence-electron chi connectivity index (χ4n) is 3.63.